The number of aliphatic hydroxyl groups excluding tert-OH is 1. The second-order valence-electron chi connectivity index (χ2n) is 3.73. The standard InChI is InChI=1S/C12H8Br2ClFOS/c13-8-5-11(18-12(8)14)10(17)3-6-1-2-7(15)4-9(6)16/h1-2,4-5,10,17H,3H2. The summed E-state index contributed by atoms with van der Waals surface area (Å²) < 4.78 is 15.4. The first-order valence-corrected chi connectivity index (χ1v) is 7.82. The van der Waals surface area contributed by atoms with Crippen molar-refractivity contribution >= 4 is 54.8 Å². The largest absolute Gasteiger partial charge is 0.387 e. The lowest BCUT2D eigenvalue weighted by atomic mass is 10.1. The molecule has 1 aromatic heterocycles. The molecular formula is C12H8Br2ClFOS. The smallest absolute Gasteiger partial charge is 0.127 e. The summed E-state index contributed by atoms with van der Waals surface area (Å²) in [5, 5.41) is 10.4. The van der Waals surface area contributed by atoms with E-state index in [1.807, 2.05) is 6.07 Å². The van der Waals surface area contributed by atoms with Crippen LogP contribution in [0.5, 0.6) is 0 Å². The zero-order chi connectivity index (χ0) is 13.3. The molecule has 2 rings (SSSR count). The predicted octanol–water partition coefficient (Wildman–Crippen LogP) is 5.34. The van der Waals surface area contributed by atoms with Crippen LogP contribution in [0.15, 0.2) is 32.5 Å². The fraction of sp³-hybridized carbons (Fsp3) is 0.167. The minimum absolute atomic E-state index is 0.225. The van der Waals surface area contributed by atoms with Crippen molar-refractivity contribution in [1.29, 1.82) is 0 Å². The molecule has 0 saturated heterocycles. The van der Waals surface area contributed by atoms with Gasteiger partial charge in [0.15, 0.2) is 0 Å². The maximum absolute atomic E-state index is 13.6. The molecule has 1 heterocycles. The summed E-state index contributed by atoms with van der Waals surface area (Å²) in [5.74, 6) is -0.392. The first-order chi connectivity index (χ1) is 8.47. The average molecular weight is 415 g/mol. The lowest BCUT2D eigenvalue weighted by molar-refractivity contribution is 0.181. The van der Waals surface area contributed by atoms with Gasteiger partial charge < -0.3 is 5.11 Å². The first kappa shape index (κ1) is 14.5. The fourth-order valence-corrected chi connectivity index (χ4v) is 3.76. The topological polar surface area (TPSA) is 20.2 Å². The molecule has 0 aliphatic rings. The lowest BCUT2D eigenvalue weighted by Crippen LogP contribution is -2.01. The van der Waals surface area contributed by atoms with Crippen LogP contribution in [-0.2, 0) is 6.42 Å². The molecule has 0 bridgehead atoms. The van der Waals surface area contributed by atoms with Gasteiger partial charge in [0.25, 0.3) is 0 Å². The number of hydrogen-bond acceptors (Lipinski definition) is 2. The van der Waals surface area contributed by atoms with Crippen molar-refractivity contribution < 1.29 is 9.50 Å². The first-order valence-electron chi connectivity index (χ1n) is 5.04. The molecule has 1 N–H and O–H groups in total. The highest BCUT2D eigenvalue weighted by Gasteiger charge is 2.15. The van der Waals surface area contributed by atoms with Gasteiger partial charge in [-0.15, -0.1) is 11.3 Å². The molecule has 2 aromatic rings. The monoisotopic (exact) mass is 412 g/mol. The Morgan fingerprint density at radius 2 is 2.06 bits per heavy atom. The van der Waals surface area contributed by atoms with Crippen LogP contribution in [-0.4, -0.2) is 5.11 Å². The van der Waals surface area contributed by atoms with Crippen molar-refractivity contribution in [3.8, 4) is 0 Å². The van der Waals surface area contributed by atoms with Crippen LogP contribution in [0.2, 0.25) is 5.02 Å². The number of hydrogen-bond donors (Lipinski definition) is 1. The summed E-state index contributed by atoms with van der Waals surface area (Å²) in [5.41, 5.74) is 0.451. The second-order valence-corrected chi connectivity index (χ2v) is 7.42. The second kappa shape index (κ2) is 6.01. The van der Waals surface area contributed by atoms with E-state index in [2.05, 4.69) is 31.9 Å². The Labute approximate surface area is 130 Å². The number of rotatable bonds is 3. The Hall–Kier alpha value is 0.0600. The number of thiophene rings is 1. The van der Waals surface area contributed by atoms with Gasteiger partial charge in [-0.3, -0.25) is 0 Å². The van der Waals surface area contributed by atoms with Crippen LogP contribution in [0.25, 0.3) is 0 Å². The van der Waals surface area contributed by atoms with Gasteiger partial charge in [-0.25, -0.2) is 4.39 Å². The Morgan fingerprint density at radius 1 is 1.33 bits per heavy atom. The molecular weight excluding hydrogens is 406 g/mol. The molecule has 18 heavy (non-hydrogen) atoms. The molecule has 1 nitrogen and oxygen atoms in total. The van der Waals surface area contributed by atoms with Crippen molar-refractivity contribution in [1.82, 2.24) is 0 Å². The van der Waals surface area contributed by atoms with Crippen molar-refractivity contribution in [2.45, 2.75) is 12.5 Å². The maximum atomic E-state index is 13.6. The van der Waals surface area contributed by atoms with Crippen LogP contribution in [0, 0.1) is 5.82 Å². The van der Waals surface area contributed by atoms with E-state index in [1.165, 1.54) is 17.4 Å². The van der Waals surface area contributed by atoms with Gasteiger partial charge in [0.1, 0.15) is 5.82 Å². The van der Waals surface area contributed by atoms with Crippen molar-refractivity contribution in [3.63, 3.8) is 0 Å². The highest BCUT2D eigenvalue weighted by molar-refractivity contribution is 9.13. The van der Waals surface area contributed by atoms with Gasteiger partial charge in [-0.1, -0.05) is 17.7 Å². The van der Waals surface area contributed by atoms with E-state index in [4.69, 9.17) is 11.6 Å². The number of aliphatic hydroxyl groups is 1. The summed E-state index contributed by atoms with van der Waals surface area (Å²) in [7, 11) is 0. The van der Waals surface area contributed by atoms with Crippen LogP contribution in [0.4, 0.5) is 4.39 Å². The Kier molecular flexibility index (Phi) is 4.83. The summed E-state index contributed by atoms with van der Waals surface area (Å²) >= 11 is 13.8. The zero-order valence-electron chi connectivity index (χ0n) is 8.96. The van der Waals surface area contributed by atoms with Crippen LogP contribution >= 0.6 is 54.8 Å². The lowest BCUT2D eigenvalue weighted by Gasteiger charge is -2.09. The van der Waals surface area contributed by atoms with Gasteiger partial charge in [-0.05, 0) is 55.6 Å². The van der Waals surface area contributed by atoms with Crippen molar-refractivity contribution in [2.75, 3.05) is 0 Å². The molecule has 1 aromatic carbocycles. The minimum atomic E-state index is -0.728. The quantitative estimate of drug-likeness (QED) is 0.719. The van der Waals surface area contributed by atoms with Gasteiger partial charge in [0.05, 0.1) is 9.89 Å². The minimum Gasteiger partial charge on any atom is -0.387 e. The molecule has 96 valence electrons. The molecule has 0 aliphatic heterocycles. The van der Waals surface area contributed by atoms with Crippen LogP contribution in [0.1, 0.15) is 16.5 Å². The molecule has 0 radical (unpaired) electrons. The van der Waals surface area contributed by atoms with Gasteiger partial charge in [0.2, 0.25) is 0 Å². The van der Waals surface area contributed by atoms with Crippen LogP contribution in [0.3, 0.4) is 0 Å². The van der Waals surface area contributed by atoms with E-state index >= 15 is 0 Å². The normalized spacial score (nSPS) is 12.7. The molecule has 1 unspecified atom stereocenters. The van der Waals surface area contributed by atoms with E-state index in [0.717, 1.165) is 13.1 Å². The van der Waals surface area contributed by atoms with Gasteiger partial charge in [0, 0.05) is 20.8 Å². The van der Waals surface area contributed by atoms with Gasteiger partial charge >= 0.3 is 0 Å². The fourth-order valence-electron chi connectivity index (χ4n) is 1.52. The molecule has 1 atom stereocenters. The zero-order valence-corrected chi connectivity index (χ0v) is 13.7. The van der Waals surface area contributed by atoms with Crippen molar-refractivity contribution in [2.24, 2.45) is 0 Å². The van der Waals surface area contributed by atoms with E-state index in [0.29, 0.717) is 10.6 Å². The summed E-state index contributed by atoms with van der Waals surface area (Å²) in [4.78, 5) is 0.781. The average Bonchev–Trinajstić information content (AvgIpc) is 2.63. The summed E-state index contributed by atoms with van der Waals surface area (Å²) in [6, 6.07) is 6.29. The highest BCUT2D eigenvalue weighted by atomic mass is 79.9. The van der Waals surface area contributed by atoms with E-state index in [-0.39, 0.29) is 6.42 Å². The van der Waals surface area contributed by atoms with E-state index < -0.39 is 11.9 Å². The van der Waals surface area contributed by atoms with Crippen LogP contribution < -0.4 is 0 Å². The molecule has 0 aliphatic carbocycles. The third-order valence-corrected chi connectivity index (χ3v) is 6.01. The molecule has 6 heteroatoms. The van der Waals surface area contributed by atoms with Gasteiger partial charge in [-0.2, -0.15) is 0 Å². The van der Waals surface area contributed by atoms with E-state index in [9.17, 15) is 9.50 Å². The highest BCUT2D eigenvalue weighted by Crippen LogP contribution is 2.36. The SMILES string of the molecule is OC(Cc1ccc(Cl)cc1F)c1cc(Br)c(Br)s1. The summed E-state index contributed by atoms with van der Waals surface area (Å²) in [6.07, 6.45) is -0.504. The molecule has 0 saturated carbocycles. The number of benzene rings is 1. The summed E-state index contributed by atoms with van der Waals surface area (Å²) in [6.45, 7) is 0. The number of halogens is 4. The van der Waals surface area contributed by atoms with Crippen molar-refractivity contribution in [3.05, 3.63) is 53.8 Å². The third-order valence-electron chi connectivity index (χ3n) is 2.42. The molecule has 0 amide bonds. The van der Waals surface area contributed by atoms with E-state index in [1.54, 1.807) is 12.1 Å². The molecule has 0 fully saturated rings. The maximum Gasteiger partial charge on any atom is 0.127 e. The Bertz CT molecular complexity index is 554. The third kappa shape index (κ3) is 3.33. The Morgan fingerprint density at radius 3 is 2.61 bits per heavy atom. The Balaban J connectivity index is 2.18. The predicted molar refractivity (Wildman–Crippen MR) is 79.8 cm³/mol. The molecule has 0 spiro atoms.